The third-order valence-corrected chi connectivity index (χ3v) is 18.4. The topological polar surface area (TPSA) is 98.7 Å². The minimum Gasteiger partial charge on any atom is -0.743 e. The van der Waals surface area contributed by atoms with Gasteiger partial charge in [-0.25, -0.2) is 8.42 Å². The van der Waals surface area contributed by atoms with Crippen LogP contribution in [-0.2, 0) is 73.8 Å². The normalized spacial score (nSPS) is 13.0. The predicted octanol–water partition coefficient (Wildman–Crippen LogP) is 16.3. The van der Waals surface area contributed by atoms with Gasteiger partial charge in [-0.15, -0.1) is 0 Å². The molecule has 0 aliphatic rings. The van der Waals surface area contributed by atoms with Crippen LogP contribution in [0.25, 0.3) is 0 Å². The van der Waals surface area contributed by atoms with Gasteiger partial charge in [-0.3, -0.25) is 5.04 Å². The molecule has 0 saturated carbocycles. The Morgan fingerprint density at radius 3 is 0.616 bits per heavy atom. The lowest BCUT2D eigenvalue weighted by atomic mass is 9.87. The molecule has 0 saturated heterocycles. The molecule has 0 aromatic heterocycles. The maximum atomic E-state index is 11.8. The summed E-state index contributed by atoms with van der Waals surface area (Å²) in [5.41, 5.74) is 9.28. The minimum atomic E-state index is -5.84. The highest BCUT2D eigenvalue weighted by Crippen LogP contribution is 2.38. The Labute approximate surface area is 447 Å². The van der Waals surface area contributed by atoms with E-state index in [-0.39, 0.29) is 54.3 Å². The second-order valence-electron chi connectivity index (χ2n) is 24.4. The van der Waals surface area contributed by atoms with Crippen molar-refractivity contribution < 1.29 is 36.4 Å². The zero-order valence-corrected chi connectivity index (χ0v) is 49.5. The molecule has 12 heteroatoms. The monoisotopic (exact) mass is 1070 g/mol. The molecule has 6 aromatic rings. The number of alkyl halides is 2. The molecule has 0 atom stereocenters. The molecule has 0 unspecified atom stereocenters. The first kappa shape index (κ1) is 61.6. The molecule has 0 bridgehead atoms. The second-order valence-corrected chi connectivity index (χ2v) is 30.9. The molecule has 6 aromatic carbocycles. The van der Waals surface area contributed by atoms with Crippen LogP contribution in [0.15, 0.2) is 175 Å². The van der Waals surface area contributed by atoms with Gasteiger partial charge in [0.2, 0.25) is 0 Å². The van der Waals surface area contributed by atoms with Crippen LogP contribution in [-0.4, -0.2) is 17.6 Å². The Balaban J connectivity index is 0.000000263. The van der Waals surface area contributed by atoms with Crippen LogP contribution in [0.3, 0.4) is 0 Å². The van der Waals surface area contributed by atoms with Gasteiger partial charge in [-0.1, -0.05) is 197 Å². The highest BCUT2D eigenvalue weighted by atomic mass is 32.3. The fraction of sp³-hybridized carbons (Fsp3) is 0.410. The highest BCUT2D eigenvalue weighted by Gasteiger charge is 2.40. The molecule has 0 aliphatic carbocycles. The summed E-state index contributed by atoms with van der Waals surface area (Å²) in [6.07, 6.45) is 0. The number of halogens is 2. The quantitative estimate of drug-likeness (QED) is 0.0443. The number of rotatable bonds is 10. The molecule has 0 amide bonds. The molecule has 0 N–H and O–H groups in total. The van der Waals surface area contributed by atoms with Gasteiger partial charge in [0, 0.05) is 0 Å². The fourth-order valence-corrected chi connectivity index (χ4v) is 12.1. The van der Waals surface area contributed by atoms with Crippen LogP contribution in [0.2, 0.25) is 0 Å². The first-order valence-corrected chi connectivity index (χ1v) is 29.0. The van der Waals surface area contributed by atoms with E-state index in [2.05, 4.69) is 280 Å². The van der Waals surface area contributed by atoms with Crippen molar-refractivity contribution in [3.05, 3.63) is 179 Å². The molecule has 0 fully saturated rings. The van der Waals surface area contributed by atoms with Gasteiger partial charge in [0.05, 0.1) is 21.8 Å². The van der Waals surface area contributed by atoms with Crippen molar-refractivity contribution in [1.29, 1.82) is 0 Å². The van der Waals surface area contributed by atoms with Gasteiger partial charge in [-0.05, 0) is 139 Å². The van der Waals surface area contributed by atoms with E-state index in [0.29, 0.717) is 0 Å². The smallest absolute Gasteiger partial charge is 0.409 e. The van der Waals surface area contributed by atoms with Gasteiger partial charge >= 0.3 is 4.59 Å². The third-order valence-electron chi connectivity index (χ3n) is 12.2. The van der Waals surface area contributed by atoms with Crippen LogP contribution >= 0.6 is 12.0 Å². The Morgan fingerprint density at radius 1 is 0.356 bits per heavy atom. The van der Waals surface area contributed by atoms with E-state index in [0.717, 1.165) is 0 Å². The van der Waals surface area contributed by atoms with Gasteiger partial charge in [-0.2, -0.15) is 13.1 Å². The Bertz CT molecular complexity index is 2330. The van der Waals surface area contributed by atoms with E-state index in [9.17, 15) is 21.8 Å². The van der Waals surface area contributed by atoms with Gasteiger partial charge in [0.15, 0.2) is 39.5 Å². The summed E-state index contributed by atoms with van der Waals surface area (Å²) in [6, 6.07) is 55.7. The Morgan fingerprint density at radius 2 is 0.507 bits per heavy atom. The first-order chi connectivity index (χ1) is 33.3. The molecule has 0 radical (unpaired) electrons. The third kappa shape index (κ3) is 17.5. The van der Waals surface area contributed by atoms with Crippen LogP contribution in [0, 0.1) is 0 Å². The zero-order valence-electron chi connectivity index (χ0n) is 46.2. The maximum absolute atomic E-state index is 11.8. The van der Waals surface area contributed by atoms with E-state index < -0.39 is 26.7 Å². The van der Waals surface area contributed by atoms with Gasteiger partial charge in [0.1, 0.15) is 12.0 Å². The number of benzene rings is 6. The van der Waals surface area contributed by atoms with Crippen molar-refractivity contribution in [1.82, 2.24) is 0 Å². The van der Waals surface area contributed by atoms with Crippen molar-refractivity contribution >= 4 is 44.0 Å². The molecule has 0 heterocycles. The summed E-state index contributed by atoms with van der Waals surface area (Å²) in [5.74, 6) is 0. The Kier molecular flexibility index (Phi) is 20.2. The SMILES string of the molecule is CC(C)(C)c1ccc([S+](c2ccc(C(C)(C)C)cc2)c2ccc(C(C)(C)C)cc2)cc1.CC(C)(C)c1ccc([S+](c2ccc(C(C)(C)C)cc2)c2ccc(C(C)(C)C)cc2)cc1.O=S(=O)([O-])C(F)(F)SOO[O-]. The van der Waals surface area contributed by atoms with Crippen LogP contribution in [0.1, 0.15) is 158 Å². The summed E-state index contributed by atoms with van der Waals surface area (Å²) in [6.45, 7) is 41.0. The van der Waals surface area contributed by atoms with E-state index in [4.69, 9.17) is 5.26 Å². The van der Waals surface area contributed by atoms with E-state index in [1.807, 2.05) is 0 Å². The lowest BCUT2D eigenvalue weighted by Crippen LogP contribution is -2.25. The van der Waals surface area contributed by atoms with Gasteiger partial charge < -0.3 is 9.81 Å². The molecular weight excluding hydrogens is 995 g/mol. The largest absolute Gasteiger partial charge is 0.743 e. The standard InChI is InChI=1S/2C30H39S.CH2F2O6S2/c2*1-28(2,3)22-10-16-25(17-11-22)31(26-18-12-23(13-19-26)29(4,5)6)27-20-14-24(15-21-27)30(7,8)9;2-1(3,10-9-8-4)11(5,6)7/h2*10-21H,1-9H3;4H,(H,5,6,7)/q2*+1;/p-2. The molecule has 396 valence electrons. The lowest BCUT2D eigenvalue weighted by molar-refractivity contribution is -0.777. The van der Waals surface area contributed by atoms with Crippen molar-refractivity contribution in [2.24, 2.45) is 0 Å². The van der Waals surface area contributed by atoms with Crippen molar-refractivity contribution in [2.75, 3.05) is 0 Å². The predicted molar refractivity (Wildman–Crippen MR) is 300 cm³/mol. The summed E-state index contributed by atoms with van der Waals surface area (Å²) >= 11 is -1.18. The lowest BCUT2D eigenvalue weighted by Gasteiger charge is -2.21. The second kappa shape index (κ2) is 23.9. The first-order valence-electron chi connectivity index (χ1n) is 24.4. The van der Waals surface area contributed by atoms with Crippen LogP contribution in [0.4, 0.5) is 8.78 Å². The van der Waals surface area contributed by atoms with Crippen molar-refractivity contribution in [3.8, 4) is 0 Å². The summed E-state index contributed by atoms with van der Waals surface area (Å²) in [5, 5.41) is 11.3. The van der Waals surface area contributed by atoms with Crippen molar-refractivity contribution in [2.45, 2.75) is 191 Å². The van der Waals surface area contributed by atoms with Crippen LogP contribution in [0.5, 0.6) is 0 Å². The molecule has 6 nitrogen and oxygen atoms in total. The highest BCUT2D eigenvalue weighted by molar-refractivity contribution is 8.09. The molecular formula is C61H78F2O6S4. The van der Waals surface area contributed by atoms with Crippen molar-refractivity contribution in [3.63, 3.8) is 0 Å². The average molecular weight is 1070 g/mol. The summed E-state index contributed by atoms with van der Waals surface area (Å²) < 4.78 is 50.7. The molecule has 73 heavy (non-hydrogen) atoms. The minimum absolute atomic E-state index is 0.120. The Hall–Kier alpha value is -3.98. The summed E-state index contributed by atoms with van der Waals surface area (Å²) in [4.78, 5) is 8.25. The average Bonchev–Trinajstić information content (AvgIpc) is 3.28. The van der Waals surface area contributed by atoms with Crippen LogP contribution < -0.4 is 5.26 Å². The fourth-order valence-electron chi connectivity index (χ4n) is 7.46. The van der Waals surface area contributed by atoms with E-state index >= 15 is 0 Å². The summed E-state index contributed by atoms with van der Waals surface area (Å²) in [7, 11) is -6.08. The van der Waals surface area contributed by atoms with E-state index in [1.54, 1.807) is 0 Å². The maximum Gasteiger partial charge on any atom is 0.409 e. The molecule has 6 rings (SSSR count). The van der Waals surface area contributed by atoms with E-state index in [1.165, 1.54) is 62.8 Å². The zero-order chi connectivity index (χ0) is 55.2. The molecule has 0 spiro atoms. The number of hydrogen-bond donors (Lipinski definition) is 0. The molecule has 0 aliphatic heterocycles. The number of hydrogen-bond acceptors (Lipinski definition) is 7. The van der Waals surface area contributed by atoms with Gasteiger partial charge in [0.25, 0.3) is 0 Å².